The van der Waals surface area contributed by atoms with Crippen molar-refractivity contribution in [1.29, 1.82) is 0 Å². The van der Waals surface area contributed by atoms with Gasteiger partial charge in [-0.25, -0.2) is 4.39 Å². The lowest BCUT2D eigenvalue weighted by Crippen LogP contribution is -2.37. The lowest BCUT2D eigenvalue weighted by molar-refractivity contribution is -0.122. The quantitative estimate of drug-likeness (QED) is 0.753. The van der Waals surface area contributed by atoms with Crippen LogP contribution in [0.5, 0.6) is 5.75 Å². The van der Waals surface area contributed by atoms with Crippen LogP contribution in [0.15, 0.2) is 53.4 Å². The third-order valence-corrected chi connectivity index (χ3v) is 4.90. The van der Waals surface area contributed by atoms with Crippen molar-refractivity contribution in [3.05, 3.63) is 70.4 Å². The minimum absolute atomic E-state index is 0.0334. The van der Waals surface area contributed by atoms with Crippen molar-refractivity contribution in [3.8, 4) is 5.75 Å². The first kappa shape index (κ1) is 19.6. The van der Waals surface area contributed by atoms with Crippen LogP contribution >= 0.6 is 11.8 Å². The molecule has 1 N–H and O–H groups in total. The molecule has 28 heavy (non-hydrogen) atoms. The SMILES string of the molecule is COc1ccc(C=C2SC(=O)N(CCNC(=O)c3cccc(F)c3)C2=O)cc1. The number of carbonyl (C=O) groups excluding carboxylic acids is 3. The van der Waals surface area contributed by atoms with Crippen LogP contribution in [0.1, 0.15) is 15.9 Å². The number of hydrogen-bond acceptors (Lipinski definition) is 5. The number of rotatable bonds is 6. The maximum Gasteiger partial charge on any atom is 0.293 e. The maximum atomic E-state index is 13.2. The van der Waals surface area contributed by atoms with Crippen LogP contribution < -0.4 is 10.1 Å². The molecule has 2 aromatic carbocycles. The molecule has 0 aromatic heterocycles. The van der Waals surface area contributed by atoms with Gasteiger partial charge in [-0.1, -0.05) is 18.2 Å². The van der Waals surface area contributed by atoms with E-state index in [1.807, 2.05) is 0 Å². The summed E-state index contributed by atoms with van der Waals surface area (Å²) < 4.78 is 18.3. The molecule has 3 rings (SSSR count). The topological polar surface area (TPSA) is 75.7 Å². The summed E-state index contributed by atoms with van der Waals surface area (Å²) in [5, 5.41) is 2.18. The molecule has 0 bridgehead atoms. The number of halogens is 1. The average molecular weight is 400 g/mol. The number of carbonyl (C=O) groups is 3. The highest BCUT2D eigenvalue weighted by atomic mass is 32.2. The molecular formula is C20H17FN2O4S. The monoisotopic (exact) mass is 400 g/mol. The highest BCUT2D eigenvalue weighted by molar-refractivity contribution is 8.18. The number of thioether (sulfide) groups is 1. The third kappa shape index (κ3) is 4.58. The van der Waals surface area contributed by atoms with Crippen LogP contribution in [0.3, 0.4) is 0 Å². The Balaban J connectivity index is 1.59. The number of methoxy groups -OCH3 is 1. The van der Waals surface area contributed by atoms with E-state index < -0.39 is 22.9 Å². The van der Waals surface area contributed by atoms with Crippen molar-refractivity contribution in [2.24, 2.45) is 0 Å². The van der Waals surface area contributed by atoms with Gasteiger partial charge in [0.2, 0.25) is 0 Å². The molecule has 1 heterocycles. The molecule has 0 spiro atoms. The Morgan fingerprint density at radius 2 is 1.96 bits per heavy atom. The second-order valence-electron chi connectivity index (χ2n) is 5.87. The number of benzene rings is 2. The first-order valence-corrected chi connectivity index (χ1v) is 9.23. The number of imide groups is 1. The zero-order valence-electron chi connectivity index (χ0n) is 15.0. The fourth-order valence-corrected chi connectivity index (χ4v) is 3.42. The van der Waals surface area contributed by atoms with E-state index in [0.29, 0.717) is 10.7 Å². The average Bonchev–Trinajstić information content (AvgIpc) is 2.95. The third-order valence-electron chi connectivity index (χ3n) is 3.99. The molecule has 8 heteroatoms. The summed E-state index contributed by atoms with van der Waals surface area (Å²) in [6, 6.07) is 12.4. The highest BCUT2D eigenvalue weighted by Crippen LogP contribution is 2.32. The Hall–Kier alpha value is -3.13. The van der Waals surface area contributed by atoms with Gasteiger partial charge in [-0.15, -0.1) is 0 Å². The maximum absolute atomic E-state index is 13.2. The van der Waals surface area contributed by atoms with Crippen molar-refractivity contribution in [2.45, 2.75) is 0 Å². The van der Waals surface area contributed by atoms with Crippen LogP contribution in [0.25, 0.3) is 6.08 Å². The zero-order chi connectivity index (χ0) is 20.1. The second kappa shape index (κ2) is 8.71. The van der Waals surface area contributed by atoms with E-state index in [2.05, 4.69) is 5.32 Å². The Labute approximate surface area is 165 Å². The summed E-state index contributed by atoms with van der Waals surface area (Å²) in [6.07, 6.45) is 1.63. The van der Waals surface area contributed by atoms with Crippen LogP contribution in [0, 0.1) is 5.82 Å². The lowest BCUT2D eigenvalue weighted by Gasteiger charge is -2.13. The highest BCUT2D eigenvalue weighted by Gasteiger charge is 2.34. The standard InChI is InChI=1S/C20H17FN2O4S/c1-27-16-7-5-13(6-8-16)11-17-19(25)23(20(26)28-17)10-9-22-18(24)14-3-2-4-15(21)12-14/h2-8,11-12H,9-10H2,1H3,(H,22,24). The van der Waals surface area contributed by atoms with E-state index in [9.17, 15) is 18.8 Å². The van der Waals surface area contributed by atoms with E-state index in [0.717, 1.165) is 28.3 Å². The molecule has 0 unspecified atom stereocenters. The van der Waals surface area contributed by atoms with E-state index >= 15 is 0 Å². The summed E-state index contributed by atoms with van der Waals surface area (Å²) >= 11 is 0.849. The molecule has 0 saturated carbocycles. The minimum Gasteiger partial charge on any atom is -0.497 e. The van der Waals surface area contributed by atoms with E-state index in [1.165, 1.54) is 18.2 Å². The molecule has 1 fully saturated rings. The lowest BCUT2D eigenvalue weighted by atomic mass is 10.2. The first-order chi connectivity index (χ1) is 13.5. The Kier molecular flexibility index (Phi) is 6.10. The molecule has 0 radical (unpaired) electrons. The molecule has 3 amide bonds. The van der Waals surface area contributed by atoms with Gasteiger partial charge in [0.25, 0.3) is 17.1 Å². The van der Waals surface area contributed by atoms with Gasteiger partial charge in [-0.05, 0) is 53.7 Å². The molecule has 144 valence electrons. The predicted octanol–water partition coefficient (Wildman–Crippen LogP) is 3.30. The Bertz CT molecular complexity index is 943. The summed E-state index contributed by atoms with van der Waals surface area (Å²) in [5.74, 6) is -0.701. The van der Waals surface area contributed by atoms with Gasteiger partial charge in [0, 0.05) is 18.7 Å². The normalized spacial score (nSPS) is 15.2. The van der Waals surface area contributed by atoms with E-state index in [1.54, 1.807) is 37.5 Å². The van der Waals surface area contributed by atoms with E-state index in [-0.39, 0.29) is 18.7 Å². The predicted molar refractivity (Wildman–Crippen MR) is 104 cm³/mol. The van der Waals surface area contributed by atoms with Gasteiger partial charge in [0.1, 0.15) is 11.6 Å². The number of amides is 3. The number of nitrogens with zero attached hydrogens (tertiary/aromatic N) is 1. The van der Waals surface area contributed by atoms with Crippen molar-refractivity contribution < 1.29 is 23.5 Å². The Morgan fingerprint density at radius 1 is 1.21 bits per heavy atom. The minimum atomic E-state index is -0.512. The fourth-order valence-electron chi connectivity index (χ4n) is 2.56. The van der Waals surface area contributed by atoms with Gasteiger partial charge in [0.15, 0.2) is 0 Å². The summed E-state index contributed by atoms with van der Waals surface area (Å²) in [4.78, 5) is 38.0. The summed E-state index contributed by atoms with van der Waals surface area (Å²) in [7, 11) is 1.56. The summed E-state index contributed by atoms with van der Waals surface area (Å²) in [6.45, 7) is 0.106. The van der Waals surface area contributed by atoms with Gasteiger partial charge >= 0.3 is 0 Å². The van der Waals surface area contributed by atoms with Gasteiger partial charge in [-0.3, -0.25) is 19.3 Å². The zero-order valence-corrected chi connectivity index (χ0v) is 15.8. The van der Waals surface area contributed by atoms with Gasteiger partial charge < -0.3 is 10.1 Å². The van der Waals surface area contributed by atoms with Crippen molar-refractivity contribution in [2.75, 3.05) is 20.2 Å². The van der Waals surface area contributed by atoms with Crippen molar-refractivity contribution in [1.82, 2.24) is 10.2 Å². The second-order valence-corrected chi connectivity index (χ2v) is 6.87. The number of hydrogen-bond donors (Lipinski definition) is 1. The van der Waals surface area contributed by atoms with Crippen LogP contribution in [-0.2, 0) is 4.79 Å². The summed E-state index contributed by atoms with van der Waals surface area (Å²) in [5.41, 5.74) is 0.944. The molecule has 6 nitrogen and oxygen atoms in total. The van der Waals surface area contributed by atoms with Crippen LogP contribution in [0.4, 0.5) is 9.18 Å². The molecule has 1 saturated heterocycles. The molecule has 1 aliphatic rings. The fraction of sp³-hybridized carbons (Fsp3) is 0.150. The van der Waals surface area contributed by atoms with Gasteiger partial charge in [-0.2, -0.15) is 0 Å². The van der Waals surface area contributed by atoms with Crippen LogP contribution in [0.2, 0.25) is 0 Å². The van der Waals surface area contributed by atoms with E-state index in [4.69, 9.17) is 4.74 Å². The van der Waals surface area contributed by atoms with Crippen LogP contribution in [-0.4, -0.2) is 42.2 Å². The smallest absolute Gasteiger partial charge is 0.293 e. The molecule has 1 aliphatic heterocycles. The number of nitrogens with one attached hydrogen (secondary N) is 1. The van der Waals surface area contributed by atoms with Crippen molar-refractivity contribution >= 4 is 34.9 Å². The molecular weight excluding hydrogens is 383 g/mol. The Morgan fingerprint density at radius 3 is 2.64 bits per heavy atom. The first-order valence-electron chi connectivity index (χ1n) is 8.41. The van der Waals surface area contributed by atoms with Crippen molar-refractivity contribution in [3.63, 3.8) is 0 Å². The molecule has 2 aromatic rings. The number of ether oxygens (including phenoxy) is 1. The molecule has 0 atom stereocenters. The largest absolute Gasteiger partial charge is 0.497 e. The molecule has 0 aliphatic carbocycles. The van der Waals surface area contributed by atoms with Gasteiger partial charge in [0.05, 0.1) is 12.0 Å².